The Kier molecular flexibility index (Phi) is 5.14. The normalized spacial score (nSPS) is 10.7. The lowest BCUT2D eigenvalue weighted by molar-refractivity contribution is 0.718. The second-order valence-electron chi connectivity index (χ2n) is 4.20. The standard InChI is InChI=1S/C14H15Cl2N3/c1-2-17-7-10-8-18-14(19-9-10)5-11-3-4-12(15)6-13(11)16/h3-4,6,8-9,17H,2,5,7H2,1H3. The maximum atomic E-state index is 6.13. The predicted molar refractivity (Wildman–Crippen MR) is 78.7 cm³/mol. The summed E-state index contributed by atoms with van der Waals surface area (Å²) in [5.74, 6) is 0.754. The highest BCUT2D eigenvalue weighted by Crippen LogP contribution is 2.22. The van der Waals surface area contributed by atoms with Gasteiger partial charge in [0.05, 0.1) is 0 Å². The van der Waals surface area contributed by atoms with Crippen molar-refractivity contribution in [2.45, 2.75) is 19.9 Å². The molecule has 2 rings (SSSR count). The molecular formula is C14H15Cl2N3. The first kappa shape index (κ1) is 14.3. The second kappa shape index (κ2) is 6.85. The van der Waals surface area contributed by atoms with E-state index in [4.69, 9.17) is 23.2 Å². The van der Waals surface area contributed by atoms with E-state index in [-0.39, 0.29) is 0 Å². The van der Waals surface area contributed by atoms with Crippen molar-refractivity contribution < 1.29 is 0 Å². The third kappa shape index (κ3) is 4.16. The molecule has 0 bridgehead atoms. The van der Waals surface area contributed by atoms with E-state index in [0.717, 1.165) is 30.0 Å². The number of halogens is 2. The third-order valence-electron chi connectivity index (χ3n) is 2.70. The van der Waals surface area contributed by atoms with Crippen LogP contribution in [0.25, 0.3) is 0 Å². The molecule has 0 atom stereocenters. The fourth-order valence-electron chi connectivity index (χ4n) is 1.67. The maximum Gasteiger partial charge on any atom is 0.132 e. The Morgan fingerprint density at radius 2 is 1.89 bits per heavy atom. The van der Waals surface area contributed by atoms with Gasteiger partial charge in [0.15, 0.2) is 0 Å². The van der Waals surface area contributed by atoms with Crippen LogP contribution < -0.4 is 5.32 Å². The van der Waals surface area contributed by atoms with Gasteiger partial charge >= 0.3 is 0 Å². The van der Waals surface area contributed by atoms with E-state index in [1.807, 2.05) is 24.5 Å². The molecule has 0 radical (unpaired) electrons. The van der Waals surface area contributed by atoms with Crippen LogP contribution in [-0.4, -0.2) is 16.5 Å². The summed E-state index contributed by atoms with van der Waals surface area (Å²) >= 11 is 12.0. The van der Waals surface area contributed by atoms with E-state index in [0.29, 0.717) is 16.5 Å². The second-order valence-corrected chi connectivity index (χ2v) is 5.04. The summed E-state index contributed by atoms with van der Waals surface area (Å²) in [4.78, 5) is 8.70. The molecule has 100 valence electrons. The number of benzene rings is 1. The molecule has 0 aliphatic carbocycles. The lowest BCUT2D eigenvalue weighted by atomic mass is 10.1. The molecule has 0 aliphatic rings. The quantitative estimate of drug-likeness (QED) is 0.918. The molecule has 1 N–H and O–H groups in total. The number of nitrogens with zero attached hydrogens (tertiary/aromatic N) is 2. The highest BCUT2D eigenvalue weighted by atomic mass is 35.5. The van der Waals surface area contributed by atoms with Gasteiger partial charge in [0.1, 0.15) is 5.82 Å². The van der Waals surface area contributed by atoms with Crippen LogP contribution in [0.4, 0.5) is 0 Å². The molecule has 0 fully saturated rings. The molecule has 3 nitrogen and oxygen atoms in total. The van der Waals surface area contributed by atoms with Crippen LogP contribution in [0.1, 0.15) is 23.9 Å². The minimum absolute atomic E-state index is 0.609. The fraction of sp³-hybridized carbons (Fsp3) is 0.286. The summed E-state index contributed by atoms with van der Waals surface area (Å²) in [5, 5.41) is 4.51. The summed E-state index contributed by atoms with van der Waals surface area (Å²) in [6.07, 6.45) is 4.29. The molecule has 1 aromatic carbocycles. The first-order valence-electron chi connectivity index (χ1n) is 6.13. The lowest BCUT2D eigenvalue weighted by Gasteiger charge is -2.05. The van der Waals surface area contributed by atoms with E-state index in [1.54, 1.807) is 6.07 Å². The zero-order valence-electron chi connectivity index (χ0n) is 10.7. The van der Waals surface area contributed by atoms with Crippen molar-refractivity contribution >= 4 is 23.2 Å². The minimum Gasteiger partial charge on any atom is -0.313 e. The number of aromatic nitrogens is 2. The highest BCUT2D eigenvalue weighted by molar-refractivity contribution is 6.35. The Hall–Kier alpha value is -1.16. The third-order valence-corrected chi connectivity index (χ3v) is 3.29. The van der Waals surface area contributed by atoms with E-state index >= 15 is 0 Å². The van der Waals surface area contributed by atoms with Crippen molar-refractivity contribution in [3.63, 3.8) is 0 Å². The number of rotatable bonds is 5. The topological polar surface area (TPSA) is 37.8 Å². The highest BCUT2D eigenvalue weighted by Gasteiger charge is 2.05. The monoisotopic (exact) mass is 295 g/mol. The van der Waals surface area contributed by atoms with Gasteiger partial charge in [0, 0.05) is 41.0 Å². The zero-order chi connectivity index (χ0) is 13.7. The number of nitrogens with one attached hydrogen (secondary N) is 1. The van der Waals surface area contributed by atoms with Crippen molar-refractivity contribution in [3.8, 4) is 0 Å². The van der Waals surface area contributed by atoms with Gasteiger partial charge in [-0.2, -0.15) is 0 Å². The first-order chi connectivity index (χ1) is 9.19. The molecular weight excluding hydrogens is 281 g/mol. The van der Waals surface area contributed by atoms with Gasteiger partial charge in [0.25, 0.3) is 0 Å². The molecule has 0 unspecified atom stereocenters. The molecule has 1 aromatic heterocycles. The van der Waals surface area contributed by atoms with Gasteiger partial charge in [0.2, 0.25) is 0 Å². The largest absolute Gasteiger partial charge is 0.313 e. The molecule has 1 heterocycles. The van der Waals surface area contributed by atoms with Gasteiger partial charge in [-0.3, -0.25) is 0 Å². The molecule has 0 saturated carbocycles. The Labute approximate surface area is 123 Å². The average molecular weight is 296 g/mol. The van der Waals surface area contributed by atoms with Gasteiger partial charge in [-0.1, -0.05) is 36.2 Å². The Morgan fingerprint density at radius 3 is 2.53 bits per heavy atom. The predicted octanol–water partition coefficient (Wildman–Crippen LogP) is 3.48. The molecule has 0 aliphatic heterocycles. The Balaban J connectivity index is 2.06. The van der Waals surface area contributed by atoms with Crippen LogP contribution in [0.5, 0.6) is 0 Å². The minimum atomic E-state index is 0.609. The van der Waals surface area contributed by atoms with Crippen LogP contribution in [0, 0.1) is 0 Å². The zero-order valence-corrected chi connectivity index (χ0v) is 12.2. The molecule has 0 amide bonds. The number of hydrogen-bond donors (Lipinski definition) is 1. The van der Waals surface area contributed by atoms with Crippen LogP contribution in [-0.2, 0) is 13.0 Å². The van der Waals surface area contributed by atoms with E-state index in [1.165, 1.54) is 0 Å². The van der Waals surface area contributed by atoms with Gasteiger partial charge in [-0.05, 0) is 24.2 Å². The van der Waals surface area contributed by atoms with Gasteiger partial charge in [-0.25, -0.2) is 9.97 Å². The summed E-state index contributed by atoms with van der Waals surface area (Å²) in [6.45, 7) is 3.79. The van der Waals surface area contributed by atoms with Crippen LogP contribution >= 0.6 is 23.2 Å². The summed E-state index contributed by atoms with van der Waals surface area (Å²) in [7, 11) is 0. The Morgan fingerprint density at radius 1 is 1.16 bits per heavy atom. The molecule has 0 spiro atoms. The van der Waals surface area contributed by atoms with E-state index in [2.05, 4.69) is 22.2 Å². The van der Waals surface area contributed by atoms with Crippen molar-refractivity contribution in [1.29, 1.82) is 0 Å². The SMILES string of the molecule is CCNCc1cnc(Cc2ccc(Cl)cc2Cl)nc1. The first-order valence-corrected chi connectivity index (χ1v) is 6.89. The van der Waals surface area contributed by atoms with Crippen LogP contribution in [0.15, 0.2) is 30.6 Å². The maximum absolute atomic E-state index is 6.13. The summed E-state index contributed by atoms with van der Waals surface area (Å²) < 4.78 is 0. The fourth-order valence-corrected chi connectivity index (χ4v) is 2.14. The summed E-state index contributed by atoms with van der Waals surface area (Å²) in [6, 6.07) is 5.46. The molecule has 5 heteroatoms. The van der Waals surface area contributed by atoms with Crippen molar-refractivity contribution in [2.75, 3.05) is 6.54 Å². The van der Waals surface area contributed by atoms with Crippen molar-refractivity contribution in [2.24, 2.45) is 0 Å². The van der Waals surface area contributed by atoms with Crippen LogP contribution in [0.2, 0.25) is 10.0 Å². The molecule has 2 aromatic rings. The van der Waals surface area contributed by atoms with Crippen LogP contribution in [0.3, 0.4) is 0 Å². The van der Waals surface area contributed by atoms with Crippen molar-refractivity contribution in [3.05, 3.63) is 57.6 Å². The lowest BCUT2D eigenvalue weighted by Crippen LogP contribution is -2.12. The number of hydrogen-bond acceptors (Lipinski definition) is 3. The van der Waals surface area contributed by atoms with E-state index < -0.39 is 0 Å². The van der Waals surface area contributed by atoms with Gasteiger partial charge < -0.3 is 5.32 Å². The molecule has 19 heavy (non-hydrogen) atoms. The average Bonchev–Trinajstić information content (AvgIpc) is 2.41. The smallest absolute Gasteiger partial charge is 0.132 e. The molecule has 0 saturated heterocycles. The van der Waals surface area contributed by atoms with E-state index in [9.17, 15) is 0 Å². The van der Waals surface area contributed by atoms with Gasteiger partial charge in [-0.15, -0.1) is 0 Å². The Bertz CT molecular complexity index is 541. The van der Waals surface area contributed by atoms with Crippen molar-refractivity contribution in [1.82, 2.24) is 15.3 Å². The summed E-state index contributed by atoms with van der Waals surface area (Å²) in [5.41, 5.74) is 2.05.